The summed E-state index contributed by atoms with van der Waals surface area (Å²) in [5, 5.41) is 10.0. The number of phenolic OH excluding ortho intramolecular Hbond substituents is 1. The van der Waals surface area contributed by atoms with Crippen LogP contribution in [0.5, 0.6) is 5.75 Å². The minimum atomic E-state index is 0.0241. The van der Waals surface area contributed by atoms with Crippen molar-refractivity contribution in [3.05, 3.63) is 29.8 Å². The molecular formula is C18H25NO4. The number of amides is 1. The summed E-state index contributed by atoms with van der Waals surface area (Å²) in [6.07, 6.45) is 3.73. The molecule has 2 aliphatic rings. The molecule has 2 heterocycles. The second-order valence-corrected chi connectivity index (χ2v) is 6.37. The van der Waals surface area contributed by atoms with Gasteiger partial charge >= 0.3 is 0 Å². The van der Waals surface area contributed by atoms with Crippen molar-refractivity contribution in [2.75, 3.05) is 26.4 Å². The summed E-state index contributed by atoms with van der Waals surface area (Å²) in [6.45, 7) is 3.12. The van der Waals surface area contributed by atoms with E-state index in [1.165, 1.54) is 0 Å². The molecule has 23 heavy (non-hydrogen) atoms. The Labute approximate surface area is 137 Å². The van der Waals surface area contributed by atoms with Crippen molar-refractivity contribution in [2.45, 2.75) is 38.3 Å². The van der Waals surface area contributed by atoms with Gasteiger partial charge in [0, 0.05) is 44.4 Å². The van der Waals surface area contributed by atoms with E-state index in [9.17, 15) is 9.90 Å². The maximum absolute atomic E-state index is 12.9. The number of nitrogens with zero attached hydrogens (tertiary/aromatic N) is 1. The van der Waals surface area contributed by atoms with Crippen LogP contribution in [0, 0.1) is 5.92 Å². The molecule has 2 aliphatic heterocycles. The van der Waals surface area contributed by atoms with Gasteiger partial charge in [-0.2, -0.15) is 0 Å². The first kappa shape index (κ1) is 16.3. The topological polar surface area (TPSA) is 59.0 Å². The van der Waals surface area contributed by atoms with Crippen LogP contribution < -0.4 is 0 Å². The van der Waals surface area contributed by atoms with Gasteiger partial charge in [0.05, 0.1) is 6.10 Å². The summed E-state index contributed by atoms with van der Waals surface area (Å²) in [5.41, 5.74) is 0.783. The Bertz CT molecular complexity index is 522. The Morgan fingerprint density at radius 2 is 1.96 bits per heavy atom. The van der Waals surface area contributed by atoms with E-state index in [4.69, 9.17) is 9.47 Å². The predicted molar refractivity (Wildman–Crippen MR) is 86.0 cm³/mol. The van der Waals surface area contributed by atoms with Crippen LogP contribution in [-0.2, 0) is 20.8 Å². The van der Waals surface area contributed by atoms with E-state index in [1.54, 1.807) is 12.1 Å². The third kappa shape index (κ3) is 4.24. The standard InChI is InChI=1S/C18H25NO4/c20-17-6-2-1-4-15(17)12-19(13-16-5-3-9-23-16)18(21)14-7-10-22-11-8-14/h1-2,4,6,14,16,20H,3,5,7-13H2. The fourth-order valence-electron chi connectivity index (χ4n) is 3.32. The number of phenols is 1. The highest BCUT2D eigenvalue weighted by atomic mass is 16.5. The van der Waals surface area contributed by atoms with Crippen molar-refractivity contribution < 1.29 is 19.4 Å². The van der Waals surface area contributed by atoms with Gasteiger partial charge in [-0.3, -0.25) is 4.79 Å². The zero-order valence-electron chi connectivity index (χ0n) is 13.4. The van der Waals surface area contributed by atoms with Crippen LogP contribution in [0.15, 0.2) is 24.3 Å². The molecule has 1 amide bonds. The second-order valence-electron chi connectivity index (χ2n) is 6.37. The number of aromatic hydroxyl groups is 1. The quantitative estimate of drug-likeness (QED) is 0.905. The number of para-hydroxylation sites is 1. The molecule has 0 radical (unpaired) electrons. The van der Waals surface area contributed by atoms with E-state index in [1.807, 2.05) is 17.0 Å². The van der Waals surface area contributed by atoms with Crippen molar-refractivity contribution in [2.24, 2.45) is 5.92 Å². The molecule has 0 aliphatic carbocycles. The summed E-state index contributed by atoms with van der Waals surface area (Å²) in [7, 11) is 0. The molecule has 2 fully saturated rings. The van der Waals surface area contributed by atoms with Crippen LogP contribution in [0.4, 0.5) is 0 Å². The van der Waals surface area contributed by atoms with Gasteiger partial charge in [0.25, 0.3) is 0 Å². The molecule has 3 rings (SSSR count). The number of hydrogen-bond donors (Lipinski definition) is 1. The van der Waals surface area contributed by atoms with Gasteiger partial charge in [-0.1, -0.05) is 18.2 Å². The Morgan fingerprint density at radius 3 is 2.65 bits per heavy atom. The van der Waals surface area contributed by atoms with Crippen LogP contribution in [0.25, 0.3) is 0 Å². The summed E-state index contributed by atoms with van der Waals surface area (Å²) >= 11 is 0. The highest BCUT2D eigenvalue weighted by molar-refractivity contribution is 5.79. The molecular weight excluding hydrogens is 294 g/mol. The lowest BCUT2D eigenvalue weighted by Gasteiger charge is -2.31. The van der Waals surface area contributed by atoms with Crippen LogP contribution in [-0.4, -0.2) is 48.4 Å². The molecule has 1 atom stereocenters. The first-order valence-electron chi connectivity index (χ1n) is 8.49. The average Bonchev–Trinajstić information content (AvgIpc) is 3.09. The zero-order valence-corrected chi connectivity index (χ0v) is 13.4. The van der Waals surface area contributed by atoms with E-state index in [0.717, 1.165) is 37.9 Å². The number of rotatable bonds is 5. The number of carbonyl (C=O) groups excluding carboxylic acids is 1. The third-order valence-electron chi connectivity index (χ3n) is 4.68. The van der Waals surface area contributed by atoms with Gasteiger partial charge in [-0.25, -0.2) is 0 Å². The van der Waals surface area contributed by atoms with E-state index >= 15 is 0 Å². The lowest BCUT2D eigenvalue weighted by Crippen LogP contribution is -2.42. The van der Waals surface area contributed by atoms with E-state index in [-0.39, 0.29) is 23.7 Å². The van der Waals surface area contributed by atoms with Crippen LogP contribution in [0.3, 0.4) is 0 Å². The molecule has 1 aromatic carbocycles. The zero-order chi connectivity index (χ0) is 16.1. The highest BCUT2D eigenvalue weighted by Crippen LogP contribution is 2.24. The van der Waals surface area contributed by atoms with Crippen molar-refractivity contribution in [3.63, 3.8) is 0 Å². The van der Waals surface area contributed by atoms with E-state index < -0.39 is 0 Å². The van der Waals surface area contributed by atoms with Crippen LogP contribution in [0.2, 0.25) is 0 Å². The number of ether oxygens (including phenoxy) is 2. The van der Waals surface area contributed by atoms with Gasteiger partial charge in [0.2, 0.25) is 5.91 Å². The summed E-state index contributed by atoms with van der Waals surface area (Å²) in [5.74, 6) is 0.424. The fourth-order valence-corrected chi connectivity index (χ4v) is 3.32. The first-order valence-corrected chi connectivity index (χ1v) is 8.49. The highest BCUT2D eigenvalue weighted by Gasteiger charge is 2.29. The van der Waals surface area contributed by atoms with Gasteiger partial charge in [-0.15, -0.1) is 0 Å². The molecule has 1 unspecified atom stereocenters. The van der Waals surface area contributed by atoms with E-state index in [0.29, 0.717) is 26.3 Å². The Kier molecular flexibility index (Phi) is 5.51. The Hall–Kier alpha value is -1.59. The minimum Gasteiger partial charge on any atom is -0.508 e. The summed E-state index contributed by atoms with van der Waals surface area (Å²) in [4.78, 5) is 14.8. The lowest BCUT2D eigenvalue weighted by molar-refractivity contribution is -0.140. The van der Waals surface area contributed by atoms with Crippen LogP contribution >= 0.6 is 0 Å². The molecule has 0 bridgehead atoms. The number of carbonyl (C=O) groups is 1. The molecule has 0 aromatic heterocycles. The van der Waals surface area contributed by atoms with Gasteiger partial charge in [0.15, 0.2) is 0 Å². The van der Waals surface area contributed by atoms with Gasteiger partial charge in [0.1, 0.15) is 5.75 Å². The molecule has 0 saturated carbocycles. The Morgan fingerprint density at radius 1 is 1.17 bits per heavy atom. The molecule has 1 N–H and O–H groups in total. The van der Waals surface area contributed by atoms with Gasteiger partial charge < -0.3 is 19.5 Å². The van der Waals surface area contributed by atoms with E-state index in [2.05, 4.69) is 0 Å². The largest absolute Gasteiger partial charge is 0.508 e. The first-order chi connectivity index (χ1) is 11.2. The minimum absolute atomic E-state index is 0.0241. The maximum atomic E-state index is 12.9. The molecule has 5 heteroatoms. The van der Waals surface area contributed by atoms with Crippen molar-refractivity contribution in [1.82, 2.24) is 4.90 Å². The number of hydrogen-bond acceptors (Lipinski definition) is 4. The molecule has 5 nitrogen and oxygen atoms in total. The fraction of sp³-hybridized carbons (Fsp3) is 0.611. The average molecular weight is 319 g/mol. The maximum Gasteiger partial charge on any atom is 0.226 e. The van der Waals surface area contributed by atoms with Crippen molar-refractivity contribution in [1.29, 1.82) is 0 Å². The molecule has 0 spiro atoms. The predicted octanol–water partition coefficient (Wildman–Crippen LogP) is 2.33. The second kappa shape index (κ2) is 7.79. The summed E-state index contributed by atoms with van der Waals surface area (Å²) in [6, 6.07) is 7.22. The SMILES string of the molecule is O=C(C1CCOCC1)N(Cc1ccccc1O)CC1CCCO1. The molecule has 1 aromatic rings. The smallest absolute Gasteiger partial charge is 0.226 e. The monoisotopic (exact) mass is 319 g/mol. The molecule has 2 saturated heterocycles. The normalized spacial score (nSPS) is 22.2. The third-order valence-corrected chi connectivity index (χ3v) is 4.68. The molecule has 126 valence electrons. The van der Waals surface area contributed by atoms with Crippen molar-refractivity contribution >= 4 is 5.91 Å². The van der Waals surface area contributed by atoms with Crippen LogP contribution in [0.1, 0.15) is 31.2 Å². The lowest BCUT2D eigenvalue weighted by atomic mass is 9.98. The summed E-state index contributed by atoms with van der Waals surface area (Å²) < 4.78 is 11.1. The Balaban J connectivity index is 1.72. The number of benzene rings is 1. The van der Waals surface area contributed by atoms with Gasteiger partial charge in [-0.05, 0) is 31.7 Å². The van der Waals surface area contributed by atoms with Crippen molar-refractivity contribution in [3.8, 4) is 5.75 Å².